The number of phenolic OH excluding ortho intramolecular Hbond substituents is 2. The molecule has 2 aliphatic rings. The zero-order chi connectivity index (χ0) is 23.3. The highest BCUT2D eigenvalue weighted by Gasteiger charge is 2.64. The van der Waals surface area contributed by atoms with Gasteiger partial charge >= 0.3 is 0 Å². The van der Waals surface area contributed by atoms with E-state index in [-0.39, 0.29) is 34.3 Å². The molecule has 7 nitrogen and oxygen atoms in total. The number of carbonyl (C=O) groups is 2. The SMILES string of the molecule is CN1CC(c2ccc(O)c(O)c2)C(C(=O)c2ccccc2C#N)C12C(=O)Nc1ccccc12. The van der Waals surface area contributed by atoms with Crippen molar-refractivity contribution in [3.63, 3.8) is 0 Å². The van der Waals surface area contributed by atoms with Gasteiger partial charge in [0.05, 0.1) is 17.6 Å². The molecule has 3 aromatic carbocycles. The van der Waals surface area contributed by atoms with Crippen LogP contribution in [0.4, 0.5) is 5.69 Å². The number of nitrogens with one attached hydrogen (secondary N) is 1. The Bertz CT molecular complexity index is 1350. The number of nitrogens with zero attached hydrogens (tertiary/aromatic N) is 2. The van der Waals surface area contributed by atoms with Crippen LogP contribution in [0.15, 0.2) is 66.7 Å². The molecule has 0 aromatic heterocycles. The molecule has 3 aromatic rings. The minimum Gasteiger partial charge on any atom is -0.504 e. The van der Waals surface area contributed by atoms with Crippen LogP contribution in [0.3, 0.4) is 0 Å². The number of hydrogen-bond donors (Lipinski definition) is 3. The largest absolute Gasteiger partial charge is 0.504 e. The van der Waals surface area contributed by atoms with Crippen molar-refractivity contribution in [2.45, 2.75) is 11.5 Å². The first kappa shape index (κ1) is 20.7. The first-order valence-corrected chi connectivity index (χ1v) is 10.6. The van der Waals surface area contributed by atoms with Crippen LogP contribution in [-0.4, -0.2) is 40.4 Å². The molecule has 0 radical (unpaired) electrons. The van der Waals surface area contributed by atoms with Crippen LogP contribution in [0.5, 0.6) is 11.5 Å². The number of anilines is 1. The van der Waals surface area contributed by atoms with Crippen LogP contribution in [0.2, 0.25) is 0 Å². The van der Waals surface area contributed by atoms with Crippen LogP contribution in [-0.2, 0) is 10.3 Å². The Morgan fingerprint density at radius 3 is 2.58 bits per heavy atom. The quantitative estimate of drug-likeness (QED) is 0.426. The highest BCUT2D eigenvalue weighted by Crippen LogP contribution is 2.56. The van der Waals surface area contributed by atoms with Gasteiger partial charge in [0.2, 0.25) is 5.91 Å². The summed E-state index contributed by atoms with van der Waals surface area (Å²) in [5, 5.41) is 32.5. The monoisotopic (exact) mass is 439 g/mol. The molecular weight excluding hydrogens is 418 g/mol. The van der Waals surface area contributed by atoms with Crippen molar-refractivity contribution in [1.82, 2.24) is 4.90 Å². The molecule has 1 saturated heterocycles. The third kappa shape index (κ3) is 2.85. The lowest BCUT2D eigenvalue weighted by Gasteiger charge is -2.35. The minimum absolute atomic E-state index is 0.242. The van der Waals surface area contributed by atoms with E-state index in [9.17, 15) is 25.1 Å². The van der Waals surface area contributed by atoms with Crippen molar-refractivity contribution in [3.05, 3.63) is 89.0 Å². The number of aromatic hydroxyl groups is 2. The summed E-state index contributed by atoms with van der Waals surface area (Å²) < 4.78 is 0. The molecule has 1 amide bonds. The van der Waals surface area contributed by atoms with Crippen molar-refractivity contribution < 1.29 is 19.8 Å². The summed E-state index contributed by atoms with van der Waals surface area (Å²) in [5.41, 5.74) is 1.19. The van der Waals surface area contributed by atoms with Gasteiger partial charge in [0.1, 0.15) is 5.54 Å². The van der Waals surface area contributed by atoms with Crippen LogP contribution in [0.1, 0.15) is 33.0 Å². The summed E-state index contributed by atoms with van der Waals surface area (Å²) in [6.45, 7) is 0.358. The fraction of sp³-hybridized carbons (Fsp3) is 0.192. The summed E-state index contributed by atoms with van der Waals surface area (Å²) in [7, 11) is 1.80. The van der Waals surface area contributed by atoms with Crippen LogP contribution in [0, 0.1) is 17.2 Å². The van der Waals surface area contributed by atoms with Crippen LogP contribution < -0.4 is 5.32 Å². The predicted molar refractivity (Wildman–Crippen MR) is 121 cm³/mol. The molecule has 0 saturated carbocycles. The Hall–Kier alpha value is -4.15. The van der Waals surface area contributed by atoms with E-state index in [1.54, 1.807) is 43.4 Å². The highest BCUT2D eigenvalue weighted by molar-refractivity contribution is 6.12. The Morgan fingerprint density at radius 1 is 1.09 bits per heavy atom. The zero-order valence-electron chi connectivity index (χ0n) is 17.8. The summed E-state index contributed by atoms with van der Waals surface area (Å²) in [5.74, 6) is -2.52. The van der Waals surface area contributed by atoms with E-state index in [1.165, 1.54) is 12.1 Å². The number of phenols is 2. The number of likely N-dealkylation sites (tertiary alicyclic amines) is 1. The van der Waals surface area contributed by atoms with E-state index in [2.05, 4.69) is 11.4 Å². The van der Waals surface area contributed by atoms with Crippen molar-refractivity contribution in [3.8, 4) is 17.6 Å². The molecule has 2 aliphatic heterocycles. The summed E-state index contributed by atoms with van der Waals surface area (Å²) in [6.07, 6.45) is 0. The van der Waals surface area contributed by atoms with Crippen LogP contribution in [0.25, 0.3) is 0 Å². The standard InChI is InChI=1S/C26H21N3O4/c1-29-14-18(15-10-11-21(30)22(31)12-15)23(24(32)17-7-3-2-6-16(17)13-27)26(29)19-8-4-5-9-20(19)28-25(26)33/h2-12,18,23,30-31H,14H2,1H3,(H,28,33). The van der Waals surface area contributed by atoms with Crippen molar-refractivity contribution in [1.29, 1.82) is 5.26 Å². The Balaban J connectivity index is 1.76. The van der Waals surface area contributed by atoms with E-state index in [4.69, 9.17) is 0 Å². The van der Waals surface area contributed by atoms with E-state index in [0.29, 0.717) is 23.4 Å². The number of amides is 1. The second-order valence-corrected chi connectivity index (χ2v) is 8.50. The van der Waals surface area contributed by atoms with Crippen molar-refractivity contribution in [2.24, 2.45) is 5.92 Å². The predicted octanol–water partition coefficient (Wildman–Crippen LogP) is 3.35. The molecule has 3 atom stereocenters. The maximum Gasteiger partial charge on any atom is 0.250 e. The molecule has 2 heterocycles. The van der Waals surface area contributed by atoms with E-state index in [0.717, 1.165) is 0 Å². The van der Waals surface area contributed by atoms with Gasteiger partial charge in [0, 0.05) is 29.3 Å². The lowest BCUT2D eigenvalue weighted by molar-refractivity contribution is -0.126. The average Bonchev–Trinajstić information content (AvgIpc) is 3.30. The number of ketones is 1. The maximum atomic E-state index is 14.2. The third-order valence-electron chi connectivity index (χ3n) is 6.88. The second kappa shape index (κ2) is 7.47. The van der Waals surface area contributed by atoms with Gasteiger partial charge in [-0.1, -0.05) is 42.5 Å². The molecule has 7 heteroatoms. The summed E-state index contributed by atoms with van der Waals surface area (Å²) in [4.78, 5) is 29.6. The van der Waals surface area contributed by atoms with Gasteiger partial charge in [-0.25, -0.2) is 0 Å². The number of fused-ring (bicyclic) bond motifs is 2. The molecular formula is C26H21N3O4. The molecule has 3 unspecified atom stereocenters. The van der Waals surface area contributed by atoms with Gasteiger partial charge < -0.3 is 15.5 Å². The first-order chi connectivity index (χ1) is 15.9. The van der Waals surface area contributed by atoms with Gasteiger partial charge in [-0.3, -0.25) is 14.5 Å². The third-order valence-corrected chi connectivity index (χ3v) is 6.88. The van der Waals surface area contributed by atoms with Crippen molar-refractivity contribution >= 4 is 17.4 Å². The van der Waals surface area contributed by atoms with Gasteiger partial charge in [0.25, 0.3) is 0 Å². The van der Waals surface area contributed by atoms with Gasteiger partial charge in [-0.15, -0.1) is 0 Å². The maximum absolute atomic E-state index is 14.2. The molecule has 5 rings (SSSR count). The normalized spacial score (nSPS) is 23.8. The number of Topliss-reactive ketones (excluding diaryl/α,β-unsaturated/α-hetero) is 1. The Morgan fingerprint density at radius 2 is 1.82 bits per heavy atom. The molecule has 1 spiro atoms. The topological polar surface area (TPSA) is 114 Å². The minimum atomic E-state index is -1.28. The van der Waals surface area contributed by atoms with Gasteiger partial charge in [0.15, 0.2) is 17.3 Å². The number of hydrogen-bond acceptors (Lipinski definition) is 6. The molecule has 1 fully saturated rings. The number of rotatable bonds is 3. The Kier molecular flexibility index (Phi) is 4.69. The molecule has 164 valence electrons. The van der Waals surface area contributed by atoms with Gasteiger partial charge in [-0.2, -0.15) is 5.26 Å². The number of para-hydroxylation sites is 1. The smallest absolute Gasteiger partial charge is 0.250 e. The molecule has 33 heavy (non-hydrogen) atoms. The van der Waals surface area contributed by atoms with Crippen molar-refractivity contribution in [2.75, 3.05) is 18.9 Å². The zero-order valence-corrected chi connectivity index (χ0v) is 17.8. The summed E-state index contributed by atoms with van der Waals surface area (Å²) >= 11 is 0. The fourth-order valence-corrected chi connectivity index (χ4v) is 5.43. The molecule has 0 bridgehead atoms. The lowest BCUT2D eigenvalue weighted by atomic mass is 9.70. The lowest BCUT2D eigenvalue weighted by Crippen LogP contribution is -2.51. The number of benzene rings is 3. The van der Waals surface area contributed by atoms with Crippen LogP contribution >= 0.6 is 0 Å². The second-order valence-electron chi connectivity index (χ2n) is 8.50. The van der Waals surface area contributed by atoms with E-state index in [1.807, 2.05) is 23.1 Å². The van der Waals surface area contributed by atoms with E-state index < -0.39 is 17.4 Å². The molecule has 0 aliphatic carbocycles. The number of likely N-dealkylation sites (N-methyl/N-ethyl adjacent to an activating group) is 1. The Labute approximate surface area is 190 Å². The first-order valence-electron chi connectivity index (χ1n) is 10.6. The van der Waals surface area contributed by atoms with E-state index >= 15 is 0 Å². The highest BCUT2D eigenvalue weighted by atomic mass is 16.3. The summed E-state index contributed by atoms with van der Waals surface area (Å²) in [6, 6.07) is 20.4. The number of nitriles is 1. The average molecular weight is 439 g/mol. The fourth-order valence-electron chi connectivity index (χ4n) is 5.43. The molecule has 3 N–H and O–H groups in total. The van der Waals surface area contributed by atoms with Gasteiger partial charge in [-0.05, 0) is 36.9 Å². The number of carbonyl (C=O) groups excluding carboxylic acids is 2.